The number of nitrogens with one attached hydrogen (secondary N) is 12. The molecule has 0 aliphatic rings. The zero-order valence-corrected chi connectivity index (χ0v) is 68.6. The molecule has 12 amide bonds. The van der Waals surface area contributed by atoms with Crippen molar-refractivity contribution < 1.29 is 57.5 Å². The zero-order chi connectivity index (χ0) is 85.2. The second-order valence-electron chi connectivity index (χ2n) is 28.9. The number of unbranched alkanes of at least 4 members (excludes halogenated alkanes) is 1. The molecule has 0 aliphatic carbocycles. The van der Waals surface area contributed by atoms with Crippen molar-refractivity contribution in [3.8, 4) is 0 Å². The van der Waals surface area contributed by atoms with E-state index in [-0.39, 0.29) is 131 Å². The smallest absolute Gasteiger partial charge is 0.291 e. The average molecular weight is 1640 g/mol. The number of aryl methyl sites for hydroxylation is 8. The van der Waals surface area contributed by atoms with Crippen LogP contribution in [0.2, 0.25) is 0 Å². The number of amides is 12. The molecule has 119 heavy (non-hydrogen) atoms. The molecule has 12 N–H and O–H groups in total. The molecule has 0 atom stereocenters. The fraction of sp³-hybridized carbons (Fsp3) is 0.277. The van der Waals surface area contributed by atoms with Crippen LogP contribution in [0.4, 0.5) is 45.8 Å². The Labute approximate surface area is 686 Å². The average Bonchev–Trinajstić information content (AvgIpc) is 1.76. The van der Waals surface area contributed by atoms with Crippen LogP contribution in [-0.4, -0.2) is 175 Å². The number of anilines is 8. The summed E-state index contributed by atoms with van der Waals surface area (Å²) in [4.78, 5) is 170. The molecule has 0 radical (unpaired) electrons. The summed E-state index contributed by atoms with van der Waals surface area (Å²) in [5.41, 5.74) is 2.76. The first-order valence-electron chi connectivity index (χ1n) is 38.3. The third-order valence-electron chi connectivity index (χ3n) is 19.5. The Bertz CT molecular complexity index is 5490. The Hall–Kier alpha value is -14.2. The minimum absolute atomic E-state index is 0.0284. The molecule has 8 aromatic heterocycles. The molecule has 35 nitrogen and oxygen atoms in total. The lowest BCUT2D eigenvalue weighted by Crippen LogP contribution is -2.33. The van der Waals surface area contributed by atoms with E-state index in [1.165, 1.54) is 121 Å². The van der Waals surface area contributed by atoms with Crippen LogP contribution in [0.5, 0.6) is 0 Å². The summed E-state index contributed by atoms with van der Waals surface area (Å²) in [6, 6.07) is 40.6. The predicted molar refractivity (Wildman–Crippen MR) is 455 cm³/mol. The first-order chi connectivity index (χ1) is 57.0. The first-order valence-corrected chi connectivity index (χ1v) is 40.3. The maximum absolute atomic E-state index is 13.7. The summed E-state index contributed by atoms with van der Waals surface area (Å²) < 4.78 is 11.9. The molecule has 620 valence electrons. The van der Waals surface area contributed by atoms with Gasteiger partial charge in [0.1, 0.15) is 57.3 Å². The molecule has 0 spiro atoms. The number of benzene rings is 3. The van der Waals surface area contributed by atoms with Crippen LogP contribution in [0.15, 0.2) is 177 Å². The third kappa shape index (κ3) is 22.1. The highest BCUT2D eigenvalue weighted by molar-refractivity contribution is 7.95. The van der Waals surface area contributed by atoms with Crippen molar-refractivity contribution in [1.82, 2.24) is 72.7 Å². The first kappa shape index (κ1) is 85.7. The molecule has 0 saturated carbocycles. The molecule has 8 heterocycles. The van der Waals surface area contributed by atoms with Gasteiger partial charge in [-0.2, -0.15) is 0 Å². The third-order valence-corrected chi connectivity index (χ3v) is 24.0. The minimum atomic E-state index is -2.03. The van der Waals surface area contributed by atoms with E-state index >= 15 is 0 Å². The number of hydrogen-bond donors (Lipinski definition) is 12. The maximum Gasteiger partial charge on any atom is 0.291 e. The number of imidazole rings is 2. The van der Waals surface area contributed by atoms with E-state index in [2.05, 4.69) is 147 Å². The number of aromatic nitrogens is 10. The summed E-state index contributed by atoms with van der Waals surface area (Å²) >= 11 is 0. The minimum Gasteiger partial charge on any atom is -0.356 e. The van der Waals surface area contributed by atoms with Gasteiger partial charge >= 0.3 is 0 Å². The van der Waals surface area contributed by atoms with Crippen molar-refractivity contribution >= 4 is 140 Å². The van der Waals surface area contributed by atoms with Gasteiger partial charge in [0.05, 0.1) is 40.3 Å². The summed E-state index contributed by atoms with van der Waals surface area (Å²) in [6.07, 6.45) is 15.5. The van der Waals surface area contributed by atoms with Crippen molar-refractivity contribution in [2.45, 2.75) is 44.9 Å². The van der Waals surface area contributed by atoms with E-state index < -0.39 is 66.3 Å². The van der Waals surface area contributed by atoms with Gasteiger partial charge in [0.15, 0.2) is 11.6 Å². The van der Waals surface area contributed by atoms with E-state index in [1.807, 2.05) is 37.2 Å². The van der Waals surface area contributed by atoms with Crippen LogP contribution in [0.1, 0.15) is 129 Å². The second kappa shape index (κ2) is 39.0. The Kier molecular flexibility index (Phi) is 28.0. The molecule has 0 unspecified atom stereocenters. The topological polar surface area (TPSA) is 418 Å². The van der Waals surface area contributed by atoms with Crippen LogP contribution < -0.4 is 79.7 Å². The van der Waals surface area contributed by atoms with Crippen LogP contribution in [-0.2, 0) is 75.6 Å². The summed E-state index contributed by atoms with van der Waals surface area (Å²) in [5.74, 6) is -5.68. The summed E-state index contributed by atoms with van der Waals surface area (Å²) in [6.45, 7) is 1.49. The predicted octanol–water partition coefficient (Wildman–Crippen LogP) is 6.25. The van der Waals surface area contributed by atoms with Gasteiger partial charge < -0.3 is 105 Å². The van der Waals surface area contributed by atoms with E-state index in [9.17, 15) is 57.5 Å². The van der Waals surface area contributed by atoms with Gasteiger partial charge in [-0.15, -0.1) is 0 Å². The number of nitrogens with zero attached hydrogens (tertiary/aromatic N) is 11. The Morgan fingerprint density at radius 2 is 0.588 bits per heavy atom. The van der Waals surface area contributed by atoms with Gasteiger partial charge in [0, 0.05) is 158 Å². The highest BCUT2D eigenvalue weighted by Crippen LogP contribution is 2.56. The van der Waals surface area contributed by atoms with Crippen molar-refractivity contribution in [3.05, 3.63) is 223 Å². The Morgan fingerprint density at radius 1 is 0.303 bits per heavy atom. The van der Waals surface area contributed by atoms with Crippen molar-refractivity contribution in [3.63, 3.8) is 0 Å². The van der Waals surface area contributed by atoms with Crippen LogP contribution in [0, 0.1) is 0 Å². The SMILES string of the molecule is CN(C)CCCNC(=O)CCNC(=O)c1cc(NC(=O)c2cc(NC(=O)c3cc(NC(=O)c4nc(NC(=O)CCNC(=O)c5cc(NC(=O)c6cc(NC(=O)c7cc(NC(=O)c8nc(NC(=O)CCNC(=O)CCCC[P+](c9ccccc9)(c9ccccc9)c9ccccc9)cn8C)cn7C)cn6C)cn5C)cn4C)cn3C)cn2C)cn1C. The Morgan fingerprint density at radius 3 is 0.916 bits per heavy atom. The normalized spacial score (nSPS) is 11.2. The number of carbonyl (C=O) groups excluding carboxylic acids is 12. The molecule has 36 heteroatoms. The monoisotopic (exact) mass is 1640 g/mol. The number of rotatable bonds is 37. The lowest BCUT2D eigenvalue weighted by atomic mass is 10.2. The Balaban J connectivity index is 0.577. The molecular weight excluding hydrogens is 1540 g/mol. The van der Waals surface area contributed by atoms with Crippen molar-refractivity contribution in [1.29, 1.82) is 0 Å². The maximum atomic E-state index is 13.7. The van der Waals surface area contributed by atoms with Crippen molar-refractivity contribution in [2.24, 2.45) is 56.4 Å². The largest absolute Gasteiger partial charge is 0.356 e. The van der Waals surface area contributed by atoms with Gasteiger partial charge in [-0.25, -0.2) is 9.97 Å². The van der Waals surface area contributed by atoms with E-state index in [1.54, 1.807) is 73.3 Å². The lowest BCUT2D eigenvalue weighted by Gasteiger charge is -2.27. The lowest BCUT2D eigenvalue weighted by molar-refractivity contribution is -0.122. The quantitative estimate of drug-likeness (QED) is 0.0151. The standard InChI is InChI=1S/C83H96N23O12P/c1-98(2)37-22-33-84-71(108)30-35-86-76(111)62-39-53(45-99(62)3)88-78(113)64-41-55(47-101(64)5)90-81(116)67-44-58(50-104(67)8)93-83(118)75-97-69(52-106(75)10)95-73(110)32-36-87-77(112)63-40-54(46-100(63)4)89-79(114)65-42-56(48-102(65)6)91-80(115)66-43-57(49-103(66)7)92-82(117)74-96-68(51-105(74)9)94-72(109)31-34-85-70(107)29-20-21-38-119(59-23-14-11-15-24-59,60-25-16-12-17-26-60)61-27-18-13-19-28-61/h11-19,23-28,39-52H,20-22,29-38H2,1-10H3,(H11-,84,85,86,87,88,89,90,91,92,93,94,95,107,108,109,110,111,112,113,114,115,116,117,118)/p+1. The summed E-state index contributed by atoms with van der Waals surface area (Å²) in [7, 11) is 14.7. The second-order valence-corrected chi connectivity index (χ2v) is 32.5. The number of hydrogen-bond acceptors (Lipinski definition) is 15. The molecule has 11 rings (SSSR count). The van der Waals surface area contributed by atoms with Gasteiger partial charge in [-0.3, -0.25) is 57.5 Å². The summed E-state index contributed by atoms with van der Waals surface area (Å²) in [5, 5.41) is 36.9. The molecule has 0 aliphatic heterocycles. The van der Waals surface area contributed by atoms with E-state index in [4.69, 9.17) is 0 Å². The van der Waals surface area contributed by atoms with Gasteiger partial charge in [0.25, 0.3) is 47.3 Å². The molecule has 0 saturated heterocycles. The molecule has 0 bridgehead atoms. The van der Waals surface area contributed by atoms with E-state index in [0.717, 1.165) is 25.5 Å². The highest BCUT2D eigenvalue weighted by atomic mass is 31.2. The highest BCUT2D eigenvalue weighted by Gasteiger charge is 2.44. The molecular formula is C83H97N23O12P+. The zero-order valence-electron chi connectivity index (χ0n) is 67.7. The van der Waals surface area contributed by atoms with Crippen LogP contribution in [0.3, 0.4) is 0 Å². The van der Waals surface area contributed by atoms with E-state index in [0.29, 0.717) is 30.8 Å². The fourth-order valence-electron chi connectivity index (χ4n) is 13.6. The van der Waals surface area contributed by atoms with Gasteiger partial charge in [-0.1, -0.05) is 54.6 Å². The van der Waals surface area contributed by atoms with Crippen molar-refractivity contribution in [2.75, 3.05) is 95.5 Å². The van der Waals surface area contributed by atoms with Crippen LogP contribution >= 0.6 is 7.26 Å². The molecule has 0 fully saturated rings. The number of carbonyl (C=O) groups is 12. The molecule has 3 aromatic carbocycles. The van der Waals surface area contributed by atoms with Gasteiger partial charge in [0.2, 0.25) is 35.3 Å². The van der Waals surface area contributed by atoms with Gasteiger partial charge in [-0.05, 0) is 113 Å². The molecule has 11 aromatic rings. The van der Waals surface area contributed by atoms with Crippen LogP contribution in [0.25, 0.3) is 0 Å². The fourth-order valence-corrected chi connectivity index (χ4v) is 18.0.